The van der Waals surface area contributed by atoms with Crippen LogP contribution in [0.25, 0.3) is 0 Å². The van der Waals surface area contributed by atoms with Crippen molar-refractivity contribution in [1.82, 2.24) is 0 Å². The molecule has 126 valence electrons. The Morgan fingerprint density at radius 1 is 1.22 bits per heavy atom. The molecule has 0 heterocycles. The van der Waals surface area contributed by atoms with E-state index in [2.05, 4.69) is 0 Å². The average Bonchev–Trinajstić information content (AvgIpc) is 2.43. The number of carbonyl (C=O) groups is 2. The Balaban J connectivity index is 2.20. The number of benzene rings is 1. The van der Waals surface area contributed by atoms with Crippen molar-refractivity contribution in [2.24, 2.45) is 5.73 Å². The lowest BCUT2D eigenvalue weighted by Gasteiger charge is -2.22. The number of primary amides is 1. The van der Waals surface area contributed by atoms with Crippen LogP contribution in [0, 0.1) is 0 Å². The molecular weight excluding hydrogens is 294 g/mol. The summed E-state index contributed by atoms with van der Waals surface area (Å²) in [5, 5.41) is 0. The third-order valence-corrected chi connectivity index (χ3v) is 3.71. The van der Waals surface area contributed by atoms with Crippen molar-refractivity contribution in [2.45, 2.75) is 52.1 Å². The summed E-state index contributed by atoms with van der Waals surface area (Å²) < 4.78 is 11.4. The van der Waals surface area contributed by atoms with E-state index >= 15 is 0 Å². The highest BCUT2D eigenvalue weighted by atomic mass is 16.5. The Morgan fingerprint density at radius 3 is 2.61 bits per heavy atom. The predicted octanol–water partition coefficient (Wildman–Crippen LogP) is 2.43. The van der Waals surface area contributed by atoms with Crippen LogP contribution in [-0.4, -0.2) is 30.5 Å². The van der Waals surface area contributed by atoms with Gasteiger partial charge in [0.25, 0.3) is 0 Å². The second-order valence-electron chi connectivity index (χ2n) is 6.81. The van der Waals surface area contributed by atoms with Crippen molar-refractivity contribution in [2.75, 3.05) is 13.2 Å². The monoisotopic (exact) mass is 319 g/mol. The molecule has 5 nitrogen and oxygen atoms in total. The van der Waals surface area contributed by atoms with Gasteiger partial charge in [0.15, 0.2) is 5.78 Å². The van der Waals surface area contributed by atoms with Crippen LogP contribution in [0.5, 0.6) is 5.75 Å². The Hall–Kier alpha value is -1.88. The summed E-state index contributed by atoms with van der Waals surface area (Å²) in [6.07, 6.45) is 2.22. The van der Waals surface area contributed by atoms with E-state index < -0.39 is 5.91 Å². The average molecular weight is 319 g/mol. The molecule has 1 aromatic carbocycles. The maximum atomic E-state index is 12.3. The van der Waals surface area contributed by atoms with Gasteiger partial charge in [-0.15, -0.1) is 0 Å². The fourth-order valence-electron chi connectivity index (χ4n) is 2.78. The van der Waals surface area contributed by atoms with E-state index in [-0.39, 0.29) is 17.8 Å². The molecule has 0 saturated heterocycles. The van der Waals surface area contributed by atoms with E-state index in [9.17, 15) is 9.59 Å². The smallest absolute Gasteiger partial charge is 0.222 e. The minimum atomic E-state index is -0.465. The number of fused-ring (bicyclic) bond motifs is 1. The molecule has 1 aliphatic rings. The molecule has 0 spiro atoms. The SMILES string of the molecule is CC(C)(C)OCCOc1ccc2c(c1CC(N)=O)C(=O)CCC2. The summed E-state index contributed by atoms with van der Waals surface area (Å²) in [5.74, 6) is 0.154. The van der Waals surface area contributed by atoms with Crippen molar-refractivity contribution in [3.8, 4) is 5.75 Å². The molecule has 0 atom stereocenters. The summed E-state index contributed by atoms with van der Waals surface area (Å²) in [5.41, 5.74) is 7.35. The second-order valence-corrected chi connectivity index (χ2v) is 6.81. The molecule has 0 radical (unpaired) electrons. The van der Waals surface area contributed by atoms with Crippen molar-refractivity contribution >= 4 is 11.7 Å². The highest BCUT2D eigenvalue weighted by Gasteiger charge is 2.24. The quantitative estimate of drug-likeness (QED) is 0.817. The van der Waals surface area contributed by atoms with E-state index in [1.165, 1.54) is 0 Å². The third-order valence-electron chi connectivity index (χ3n) is 3.71. The van der Waals surface area contributed by atoms with Crippen molar-refractivity contribution in [3.05, 3.63) is 28.8 Å². The minimum Gasteiger partial charge on any atom is -0.491 e. The molecule has 23 heavy (non-hydrogen) atoms. The zero-order valence-corrected chi connectivity index (χ0v) is 14.1. The van der Waals surface area contributed by atoms with Gasteiger partial charge in [0.1, 0.15) is 12.4 Å². The number of nitrogens with two attached hydrogens (primary N) is 1. The first kappa shape index (κ1) is 17.5. The molecule has 0 unspecified atom stereocenters. The summed E-state index contributed by atoms with van der Waals surface area (Å²) in [6.45, 7) is 6.72. The van der Waals surface area contributed by atoms with Gasteiger partial charge in [0, 0.05) is 17.5 Å². The van der Waals surface area contributed by atoms with E-state index in [0.717, 1.165) is 18.4 Å². The molecule has 2 N–H and O–H groups in total. The van der Waals surface area contributed by atoms with Gasteiger partial charge in [-0.3, -0.25) is 9.59 Å². The lowest BCUT2D eigenvalue weighted by atomic mass is 9.85. The Bertz CT molecular complexity index is 602. The van der Waals surface area contributed by atoms with Gasteiger partial charge in [0.05, 0.1) is 18.6 Å². The van der Waals surface area contributed by atoms with Gasteiger partial charge in [-0.25, -0.2) is 0 Å². The van der Waals surface area contributed by atoms with Gasteiger partial charge in [-0.05, 0) is 45.2 Å². The number of ketones is 1. The first-order valence-corrected chi connectivity index (χ1v) is 8.01. The Labute approximate surface area is 137 Å². The van der Waals surface area contributed by atoms with Crippen LogP contribution < -0.4 is 10.5 Å². The number of hydrogen-bond acceptors (Lipinski definition) is 4. The van der Waals surface area contributed by atoms with Crippen molar-refractivity contribution in [1.29, 1.82) is 0 Å². The maximum absolute atomic E-state index is 12.3. The summed E-state index contributed by atoms with van der Waals surface area (Å²) in [4.78, 5) is 23.7. The van der Waals surface area contributed by atoms with Crippen LogP contribution in [0.2, 0.25) is 0 Å². The number of ether oxygens (including phenoxy) is 2. The van der Waals surface area contributed by atoms with E-state index in [1.807, 2.05) is 32.9 Å². The molecule has 2 rings (SSSR count). The Kier molecular flexibility index (Phi) is 5.42. The molecule has 1 amide bonds. The fraction of sp³-hybridized carbons (Fsp3) is 0.556. The largest absolute Gasteiger partial charge is 0.491 e. The van der Waals surface area contributed by atoms with E-state index in [4.69, 9.17) is 15.2 Å². The first-order valence-electron chi connectivity index (χ1n) is 8.01. The Morgan fingerprint density at radius 2 is 1.96 bits per heavy atom. The van der Waals surface area contributed by atoms with Gasteiger partial charge in [-0.1, -0.05) is 6.07 Å². The van der Waals surface area contributed by atoms with Crippen LogP contribution in [0.15, 0.2) is 12.1 Å². The number of hydrogen-bond donors (Lipinski definition) is 1. The zero-order chi connectivity index (χ0) is 17.0. The molecular formula is C18H25NO4. The molecule has 0 aromatic heterocycles. The van der Waals surface area contributed by atoms with Gasteiger partial charge < -0.3 is 15.2 Å². The highest BCUT2D eigenvalue weighted by molar-refractivity contribution is 6.01. The molecule has 5 heteroatoms. The standard InChI is InChI=1S/C18H25NO4/c1-18(2,3)23-10-9-22-15-8-7-12-5-4-6-14(20)17(12)13(15)11-16(19)21/h7-8H,4-6,9-11H2,1-3H3,(H2,19,21). The number of amides is 1. The summed E-state index contributed by atoms with van der Waals surface area (Å²) >= 11 is 0. The molecule has 1 aliphatic carbocycles. The van der Waals surface area contributed by atoms with Crippen LogP contribution in [-0.2, 0) is 22.4 Å². The maximum Gasteiger partial charge on any atom is 0.222 e. The van der Waals surface area contributed by atoms with Crippen LogP contribution >= 0.6 is 0 Å². The number of carbonyl (C=O) groups excluding carboxylic acids is 2. The summed E-state index contributed by atoms with van der Waals surface area (Å²) in [6, 6.07) is 3.74. The summed E-state index contributed by atoms with van der Waals surface area (Å²) in [7, 11) is 0. The number of aryl methyl sites for hydroxylation is 1. The second kappa shape index (κ2) is 7.13. The van der Waals surface area contributed by atoms with Crippen LogP contribution in [0.4, 0.5) is 0 Å². The molecule has 0 saturated carbocycles. The normalized spacial score (nSPS) is 14.5. The molecule has 1 aromatic rings. The molecule has 0 bridgehead atoms. The van der Waals surface area contributed by atoms with Gasteiger partial charge in [-0.2, -0.15) is 0 Å². The number of rotatable bonds is 6. The third kappa shape index (κ3) is 4.79. The molecule has 0 fully saturated rings. The predicted molar refractivity (Wildman–Crippen MR) is 87.8 cm³/mol. The first-order chi connectivity index (χ1) is 10.8. The van der Waals surface area contributed by atoms with E-state index in [1.54, 1.807) is 0 Å². The van der Waals surface area contributed by atoms with Gasteiger partial charge >= 0.3 is 0 Å². The highest BCUT2D eigenvalue weighted by Crippen LogP contribution is 2.31. The lowest BCUT2D eigenvalue weighted by Crippen LogP contribution is -2.23. The van der Waals surface area contributed by atoms with E-state index in [0.29, 0.717) is 36.5 Å². The van der Waals surface area contributed by atoms with Gasteiger partial charge in [0.2, 0.25) is 5.91 Å². The number of Topliss-reactive ketones (excluding diaryl/α,β-unsaturated/α-hetero) is 1. The minimum absolute atomic E-state index is 0.0182. The molecule has 0 aliphatic heterocycles. The van der Waals surface area contributed by atoms with Crippen LogP contribution in [0.1, 0.15) is 55.1 Å². The van der Waals surface area contributed by atoms with Crippen molar-refractivity contribution in [3.63, 3.8) is 0 Å². The van der Waals surface area contributed by atoms with Crippen molar-refractivity contribution < 1.29 is 19.1 Å². The fourth-order valence-corrected chi connectivity index (χ4v) is 2.78. The lowest BCUT2D eigenvalue weighted by molar-refractivity contribution is -0.117. The van der Waals surface area contributed by atoms with Crippen LogP contribution in [0.3, 0.4) is 0 Å². The topological polar surface area (TPSA) is 78.6 Å². The zero-order valence-electron chi connectivity index (χ0n) is 14.1.